The number of methoxy groups -OCH3 is 1. The summed E-state index contributed by atoms with van der Waals surface area (Å²) >= 11 is 5.89. The standard InChI is InChI=1S/C29H32ClN3O5S/c1-19-14-20(2)25(21(3)15-19)18-38-27-12-7-22(16-28(27)37-4)17-31-32-29(34)26-6-5-13-33(26)39(35,36)24-10-8-23(30)9-11-24/h7-12,14-17,26H,5-6,13,18H2,1-4H3,(H,32,34)/b31-17-/t26-/m1/s1. The van der Waals surface area contributed by atoms with Crippen LogP contribution in [0.15, 0.2) is 64.6 Å². The zero-order valence-electron chi connectivity index (χ0n) is 22.4. The van der Waals surface area contributed by atoms with Crippen molar-refractivity contribution in [1.29, 1.82) is 0 Å². The van der Waals surface area contributed by atoms with Crippen molar-refractivity contribution in [2.45, 2.75) is 51.2 Å². The Morgan fingerprint density at radius 3 is 2.44 bits per heavy atom. The van der Waals surface area contributed by atoms with Gasteiger partial charge in [0.05, 0.1) is 18.2 Å². The van der Waals surface area contributed by atoms with Crippen LogP contribution in [-0.4, -0.2) is 44.5 Å². The summed E-state index contributed by atoms with van der Waals surface area (Å²) in [6.45, 7) is 6.88. The summed E-state index contributed by atoms with van der Waals surface area (Å²) in [7, 11) is -2.28. The second-order valence-corrected chi connectivity index (χ2v) is 11.9. The molecule has 0 spiro atoms. The van der Waals surface area contributed by atoms with E-state index in [4.69, 9.17) is 21.1 Å². The Labute approximate surface area is 234 Å². The first-order valence-corrected chi connectivity index (χ1v) is 14.4. The highest BCUT2D eigenvalue weighted by Crippen LogP contribution is 2.30. The highest BCUT2D eigenvalue weighted by atomic mass is 35.5. The van der Waals surface area contributed by atoms with Gasteiger partial charge in [-0.2, -0.15) is 9.41 Å². The minimum Gasteiger partial charge on any atom is -0.493 e. The van der Waals surface area contributed by atoms with Crippen LogP contribution < -0.4 is 14.9 Å². The van der Waals surface area contributed by atoms with Crippen molar-refractivity contribution in [3.63, 3.8) is 0 Å². The van der Waals surface area contributed by atoms with Gasteiger partial charge in [0.1, 0.15) is 12.6 Å². The van der Waals surface area contributed by atoms with Crippen LogP contribution in [0.5, 0.6) is 11.5 Å². The van der Waals surface area contributed by atoms with E-state index in [0.29, 0.717) is 41.5 Å². The smallest absolute Gasteiger partial charge is 0.258 e. The van der Waals surface area contributed by atoms with Gasteiger partial charge in [0, 0.05) is 11.6 Å². The van der Waals surface area contributed by atoms with Crippen molar-refractivity contribution in [2.75, 3.05) is 13.7 Å². The summed E-state index contributed by atoms with van der Waals surface area (Å²) in [5.74, 6) is 0.632. The molecule has 1 aliphatic heterocycles. The van der Waals surface area contributed by atoms with E-state index in [9.17, 15) is 13.2 Å². The van der Waals surface area contributed by atoms with Gasteiger partial charge in [-0.05, 0) is 98.3 Å². The van der Waals surface area contributed by atoms with Gasteiger partial charge in [-0.1, -0.05) is 29.3 Å². The maximum Gasteiger partial charge on any atom is 0.258 e. The van der Waals surface area contributed by atoms with Crippen LogP contribution >= 0.6 is 11.6 Å². The molecule has 3 aromatic carbocycles. The number of hydrazone groups is 1. The number of hydrogen-bond acceptors (Lipinski definition) is 6. The SMILES string of the molecule is COc1cc(/C=N\NC(=O)[C@H]2CCCN2S(=O)(=O)c2ccc(Cl)cc2)ccc1OCc1c(C)cc(C)cc1C. The van der Waals surface area contributed by atoms with E-state index < -0.39 is 22.0 Å². The van der Waals surface area contributed by atoms with Crippen molar-refractivity contribution < 1.29 is 22.7 Å². The molecule has 0 radical (unpaired) electrons. The van der Waals surface area contributed by atoms with E-state index in [-0.39, 0.29) is 11.4 Å². The number of nitrogens with zero attached hydrogens (tertiary/aromatic N) is 2. The average molecular weight is 570 g/mol. The number of hydrogen-bond donors (Lipinski definition) is 1. The van der Waals surface area contributed by atoms with Gasteiger partial charge < -0.3 is 9.47 Å². The third kappa shape index (κ3) is 6.61. The molecule has 0 aliphatic carbocycles. The summed E-state index contributed by atoms with van der Waals surface area (Å²) in [5, 5.41) is 4.49. The van der Waals surface area contributed by atoms with E-state index in [0.717, 1.165) is 5.56 Å². The second-order valence-electron chi connectivity index (χ2n) is 9.54. The lowest BCUT2D eigenvalue weighted by molar-refractivity contribution is -0.124. The molecule has 8 nitrogen and oxygen atoms in total. The molecule has 3 aromatic rings. The fourth-order valence-corrected chi connectivity index (χ4v) is 6.53. The molecule has 1 aliphatic rings. The molecule has 0 saturated carbocycles. The molecule has 0 bridgehead atoms. The summed E-state index contributed by atoms with van der Waals surface area (Å²) in [6, 6.07) is 14.7. The van der Waals surface area contributed by atoms with Gasteiger partial charge >= 0.3 is 0 Å². The maximum absolute atomic E-state index is 13.1. The first kappa shape index (κ1) is 28.6. The van der Waals surface area contributed by atoms with Gasteiger partial charge in [-0.3, -0.25) is 4.79 Å². The number of nitrogens with one attached hydrogen (secondary N) is 1. The zero-order valence-corrected chi connectivity index (χ0v) is 24.0. The molecule has 1 amide bonds. The number of amides is 1. The molecule has 0 unspecified atom stereocenters. The van der Waals surface area contributed by atoms with E-state index >= 15 is 0 Å². The molecule has 1 atom stereocenters. The van der Waals surface area contributed by atoms with E-state index in [1.54, 1.807) is 25.3 Å². The molecule has 0 aromatic heterocycles. The van der Waals surface area contributed by atoms with Crippen molar-refractivity contribution in [3.8, 4) is 11.5 Å². The molecule has 1 N–H and O–H groups in total. The van der Waals surface area contributed by atoms with Crippen LogP contribution in [0.4, 0.5) is 0 Å². The van der Waals surface area contributed by atoms with Crippen LogP contribution in [0.2, 0.25) is 5.02 Å². The Balaban J connectivity index is 1.40. The van der Waals surface area contributed by atoms with E-state index in [2.05, 4.69) is 43.4 Å². The fraction of sp³-hybridized carbons (Fsp3) is 0.310. The van der Waals surface area contributed by atoms with E-state index in [1.807, 2.05) is 0 Å². The van der Waals surface area contributed by atoms with E-state index in [1.165, 1.54) is 51.5 Å². The highest BCUT2D eigenvalue weighted by molar-refractivity contribution is 7.89. The quantitative estimate of drug-likeness (QED) is 0.284. The molecular formula is C29H32ClN3O5S. The fourth-order valence-electron chi connectivity index (χ4n) is 4.75. The van der Waals surface area contributed by atoms with Gasteiger partial charge in [0.25, 0.3) is 5.91 Å². The largest absolute Gasteiger partial charge is 0.493 e. The lowest BCUT2D eigenvalue weighted by atomic mass is 10.0. The predicted molar refractivity (Wildman–Crippen MR) is 152 cm³/mol. The Kier molecular flexibility index (Phi) is 8.94. The summed E-state index contributed by atoms with van der Waals surface area (Å²) < 4.78 is 39.0. The van der Waals surface area contributed by atoms with Crippen molar-refractivity contribution in [2.24, 2.45) is 5.10 Å². The normalized spacial score (nSPS) is 16.0. The first-order chi connectivity index (χ1) is 18.6. The second kappa shape index (κ2) is 12.2. The van der Waals surface area contributed by atoms with Gasteiger partial charge in [-0.15, -0.1) is 0 Å². The third-order valence-electron chi connectivity index (χ3n) is 6.71. The highest BCUT2D eigenvalue weighted by Gasteiger charge is 2.39. The monoisotopic (exact) mass is 569 g/mol. The van der Waals surface area contributed by atoms with Crippen LogP contribution in [-0.2, 0) is 21.4 Å². The van der Waals surface area contributed by atoms with Gasteiger partial charge in [-0.25, -0.2) is 13.8 Å². The number of carbonyl (C=O) groups is 1. The molecule has 4 rings (SSSR count). The van der Waals surface area contributed by atoms with Crippen LogP contribution in [0, 0.1) is 20.8 Å². The topological polar surface area (TPSA) is 97.3 Å². The minimum absolute atomic E-state index is 0.0946. The van der Waals surface area contributed by atoms with Crippen molar-refractivity contribution in [3.05, 3.63) is 87.4 Å². The molecule has 1 fully saturated rings. The number of benzene rings is 3. The minimum atomic E-state index is -3.84. The molecule has 10 heteroatoms. The Morgan fingerprint density at radius 1 is 1.08 bits per heavy atom. The number of sulfonamides is 1. The lowest BCUT2D eigenvalue weighted by Gasteiger charge is -2.22. The predicted octanol–water partition coefficient (Wildman–Crippen LogP) is 5.16. The zero-order chi connectivity index (χ0) is 28.2. The maximum atomic E-state index is 13.1. The average Bonchev–Trinajstić information content (AvgIpc) is 3.40. The Hall–Kier alpha value is -3.40. The summed E-state index contributed by atoms with van der Waals surface area (Å²) in [5.41, 5.74) is 7.86. The summed E-state index contributed by atoms with van der Waals surface area (Å²) in [4.78, 5) is 12.9. The van der Waals surface area contributed by atoms with Crippen LogP contribution in [0.25, 0.3) is 0 Å². The lowest BCUT2D eigenvalue weighted by Crippen LogP contribution is -2.44. The molecule has 39 heavy (non-hydrogen) atoms. The first-order valence-electron chi connectivity index (χ1n) is 12.6. The molecule has 1 heterocycles. The number of halogens is 1. The number of ether oxygens (including phenoxy) is 2. The molecular weight excluding hydrogens is 538 g/mol. The third-order valence-corrected chi connectivity index (χ3v) is 8.89. The number of rotatable bonds is 9. The Bertz CT molecular complexity index is 1470. The number of aryl methyl sites for hydroxylation is 3. The summed E-state index contributed by atoms with van der Waals surface area (Å²) in [6.07, 6.45) is 2.47. The van der Waals surface area contributed by atoms with Gasteiger partial charge in [0.15, 0.2) is 11.5 Å². The molecule has 1 saturated heterocycles. The van der Waals surface area contributed by atoms with Gasteiger partial charge in [0.2, 0.25) is 10.0 Å². The van der Waals surface area contributed by atoms with Crippen molar-refractivity contribution >= 4 is 33.7 Å². The van der Waals surface area contributed by atoms with Crippen LogP contribution in [0.1, 0.15) is 40.7 Å². The number of carbonyl (C=O) groups excluding carboxylic acids is 1. The Morgan fingerprint density at radius 2 is 1.77 bits per heavy atom. The van der Waals surface area contributed by atoms with Crippen molar-refractivity contribution in [1.82, 2.24) is 9.73 Å². The molecule has 206 valence electrons. The van der Waals surface area contributed by atoms with Crippen LogP contribution in [0.3, 0.4) is 0 Å².